The molecular weight excluding hydrogens is 258 g/mol. The van der Waals surface area contributed by atoms with E-state index in [1.54, 1.807) is 0 Å². The van der Waals surface area contributed by atoms with Gasteiger partial charge in [-0.15, -0.1) is 0 Å². The van der Waals surface area contributed by atoms with Gasteiger partial charge in [-0.25, -0.2) is 0 Å². The Morgan fingerprint density at radius 3 is 2.30 bits per heavy atom. The lowest BCUT2D eigenvalue weighted by Crippen LogP contribution is -2.54. The smallest absolute Gasteiger partial charge is 0.307 e. The maximum absolute atomic E-state index is 12.5. The van der Waals surface area contributed by atoms with Crippen molar-refractivity contribution in [2.75, 3.05) is 6.61 Å². The molecule has 0 radical (unpaired) electrons. The molecule has 3 atom stereocenters. The first-order valence-corrected chi connectivity index (χ1v) is 7.63. The van der Waals surface area contributed by atoms with Crippen LogP contribution in [0.1, 0.15) is 51.9 Å². The Bertz CT molecular complexity index is 376. The Morgan fingerprint density at radius 2 is 1.75 bits per heavy atom. The lowest BCUT2D eigenvalue weighted by atomic mass is 9.81. The van der Waals surface area contributed by atoms with Crippen molar-refractivity contribution >= 4 is 11.9 Å². The van der Waals surface area contributed by atoms with Crippen molar-refractivity contribution in [3.8, 4) is 0 Å². The molecule has 114 valence electrons. The summed E-state index contributed by atoms with van der Waals surface area (Å²) in [4.78, 5) is 23.7. The van der Waals surface area contributed by atoms with Crippen LogP contribution in [-0.4, -0.2) is 34.2 Å². The molecule has 2 aliphatic carbocycles. The fourth-order valence-electron chi connectivity index (χ4n) is 3.76. The van der Waals surface area contributed by atoms with Gasteiger partial charge in [0.2, 0.25) is 5.91 Å². The van der Waals surface area contributed by atoms with Crippen LogP contribution in [0.3, 0.4) is 0 Å². The van der Waals surface area contributed by atoms with Crippen molar-refractivity contribution in [1.29, 1.82) is 0 Å². The number of carboxylic acids is 1. The van der Waals surface area contributed by atoms with E-state index in [0.717, 1.165) is 32.1 Å². The molecule has 0 aromatic carbocycles. The van der Waals surface area contributed by atoms with Gasteiger partial charge in [-0.3, -0.25) is 9.59 Å². The lowest BCUT2D eigenvalue weighted by molar-refractivity contribution is -0.146. The Kier molecular flexibility index (Phi) is 4.68. The van der Waals surface area contributed by atoms with E-state index in [4.69, 9.17) is 0 Å². The number of carbonyl (C=O) groups excluding carboxylic acids is 1. The quantitative estimate of drug-likeness (QED) is 0.730. The number of aliphatic hydroxyl groups excluding tert-OH is 1. The van der Waals surface area contributed by atoms with Crippen molar-refractivity contribution in [2.24, 2.45) is 17.8 Å². The summed E-state index contributed by atoms with van der Waals surface area (Å²) >= 11 is 0. The zero-order valence-electron chi connectivity index (χ0n) is 12.1. The van der Waals surface area contributed by atoms with Crippen LogP contribution in [0.4, 0.5) is 0 Å². The fraction of sp³-hybridized carbons (Fsp3) is 0.867. The summed E-state index contributed by atoms with van der Waals surface area (Å²) in [6.45, 7) is 1.93. The Labute approximate surface area is 119 Å². The molecule has 2 fully saturated rings. The normalized spacial score (nSPS) is 32.8. The van der Waals surface area contributed by atoms with E-state index in [1.165, 1.54) is 0 Å². The molecule has 3 unspecified atom stereocenters. The molecule has 0 saturated heterocycles. The average Bonchev–Trinajstić information content (AvgIpc) is 2.82. The van der Waals surface area contributed by atoms with Gasteiger partial charge in [-0.05, 0) is 31.6 Å². The second-order valence-electron chi connectivity index (χ2n) is 6.62. The highest BCUT2D eigenvalue weighted by atomic mass is 16.4. The van der Waals surface area contributed by atoms with E-state index >= 15 is 0 Å². The molecule has 5 heteroatoms. The van der Waals surface area contributed by atoms with Gasteiger partial charge in [0.25, 0.3) is 0 Å². The molecule has 0 aromatic heterocycles. The van der Waals surface area contributed by atoms with Gasteiger partial charge >= 0.3 is 5.97 Å². The van der Waals surface area contributed by atoms with Gasteiger partial charge in [0.15, 0.2) is 0 Å². The van der Waals surface area contributed by atoms with Crippen LogP contribution < -0.4 is 5.32 Å². The molecule has 5 nitrogen and oxygen atoms in total. The lowest BCUT2D eigenvalue weighted by Gasteiger charge is -2.37. The van der Waals surface area contributed by atoms with Gasteiger partial charge in [0, 0.05) is 0 Å². The van der Waals surface area contributed by atoms with Crippen molar-refractivity contribution in [2.45, 2.75) is 57.4 Å². The molecule has 2 saturated carbocycles. The predicted molar refractivity (Wildman–Crippen MR) is 74.1 cm³/mol. The second-order valence-corrected chi connectivity index (χ2v) is 6.62. The first kappa shape index (κ1) is 15.3. The number of carboxylic acid groups (broad SMARTS) is 1. The van der Waals surface area contributed by atoms with Crippen molar-refractivity contribution in [3.05, 3.63) is 0 Å². The highest BCUT2D eigenvalue weighted by Gasteiger charge is 2.43. The summed E-state index contributed by atoms with van der Waals surface area (Å²) < 4.78 is 0. The van der Waals surface area contributed by atoms with Crippen molar-refractivity contribution in [1.82, 2.24) is 5.32 Å². The predicted octanol–water partition coefficient (Wildman–Crippen LogP) is 1.54. The molecule has 2 aliphatic rings. The van der Waals surface area contributed by atoms with Crippen LogP contribution in [0, 0.1) is 17.8 Å². The van der Waals surface area contributed by atoms with Crippen LogP contribution in [0.2, 0.25) is 0 Å². The van der Waals surface area contributed by atoms with E-state index in [2.05, 4.69) is 5.32 Å². The summed E-state index contributed by atoms with van der Waals surface area (Å²) in [5, 5.41) is 21.9. The fourth-order valence-corrected chi connectivity index (χ4v) is 3.76. The second kappa shape index (κ2) is 6.12. The average molecular weight is 283 g/mol. The molecule has 1 amide bonds. The molecule has 20 heavy (non-hydrogen) atoms. The molecule has 0 heterocycles. The first-order valence-electron chi connectivity index (χ1n) is 7.63. The highest BCUT2D eigenvalue weighted by Crippen LogP contribution is 2.37. The third-order valence-electron chi connectivity index (χ3n) is 4.95. The van der Waals surface area contributed by atoms with Gasteiger partial charge in [-0.2, -0.15) is 0 Å². The molecule has 0 aromatic rings. The minimum atomic E-state index is -0.879. The van der Waals surface area contributed by atoms with Crippen molar-refractivity contribution < 1.29 is 19.8 Å². The third kappa shape index (κ3) is 3.14. The van der Waals surface area contributed by atoms with Crippen LogP contribution in [0.15, 0.2) is 0 Å². The minimum Gasteiger partial charge on any atom is -0.481 e. The summed E-state index contributed by atoms with van der Waals surface area (Å²) in [5.41, 5.74) is -0.524. The zero-order chi connectivity index (χ0) is 14.8. The van der Waals surface area contributed by atoms with E-state index in [-0.39, 0.29) is 18.4 Å². The molecule has 3 N–H and O–H groups in total. The number of rotatable bonds is 4. The Morgan fingerprint density at radius 1 is 1.15 bits per heavy atom. The van der Waals surface area contributed by atoms with Gasteiger partial charge in [-0.1, -0.05) is 26.2 Å². The van der Waals surface area contributed by atoms with E-state index in [1.807, 2.05) is 6.92 Å². The Hall–Kier alpha value is -1.10. The zero-order valence-corrected chi connectivity index (χ0v) is 12.1. The summed E-state index contributed by atoms with van der Waals surface area (Å²) in [6.07, 6.45) is 5.92. The SMILES string of the molecule is CC1CC(C(=O)O)C(C(=O)NC2(CO)CCCCC2)C1. The Balaban J connectivity index is 2.04. The topological polar surface area (TPSA) is 86.6 Å². The number of carbonyl (C=O) groups is 2. The summed E-state index contributed by atoms with van der Waals surface area (Å²) in [5.74, 6) is -1.82. The van der Waals surface area contributed by atoms with E-state index < -0.39 is 23.3 Å². The highest BCUT2D eigenvalue weighted by molar-refractivity contribution is 5.85. The van der Waals surface area contributed by atoms with Crippen LogP contribution in [-0.2, 0) is 9.59 Å². The number of nitrogens with one attached hydrogen (secondary N) is 1. The number of amides is 1. The molecule has 0 spiro atoms. The van der Waals surface area contributed by atoms with Gasteiger partial charge in [0.1, 0.15) is 0 Å². The van der Waals surface area contributed by atoms with E-state index in [9.17, 15) is 19.8 Å². The number of hydrogen-bond donors (Lipinski definition) is 3. The largest absolute Gasteiger partial charge is 0.481 e. The van der Waals surface area contributed by atoms with Crippen LogP contribution >= 0.6 is 0 Å². The third-order valence-corrected chi connectivity index (χ3v) is 4.95. The molecule has 0 aliphatic heterocycles. The number of aliphatic hydroxyl groups is 1. The monoisotopic (exact) mass is 283 g/mol. The maximum atomic E-state index is 12.5. The van der Waals surface area contributed by atoms with E-state index in [0.29, 0.717) is 12.8 Å². The molecular formula is C15H25NO4. The van der Waals surface area contributed by atoms with Crippen LogP contribution in [0.5, 0.6) is 0 Å². The van der Waals surface area contributed by atoms with Crippen molar-refractivity contribution in [3.63, 3.8) is 0 Å². The maximum Gasteiger partial charge on any atom is 0.307 e. The molecule has 2 rings (SSSR count). The van der Waals surface area contributed by atoms with Gasteiger partial charge in [0.05, 0.1) is 24.0 Å². The minimum absolute atomic E-state index is 0.0568. The summed E-state index contributed by atoms with van der Waals surface area (Å²) in [7, 11) is 0. The standard InChI is InChI=1S/C15H25NO4/c1-10-7-11(12(8-10)14(19)20)13(18)16-15(9-17)5-3-2-4-6-15/h10-12,17H,2-9H2,1H3,(H,16,18)(H,19,20). The van der Waals surface area contributed by atoms with Crippen LogP contribution in [0.25, 0.3) is 0 Å². The number of aliphatic carboxylic acids is 1. The van der Waals surface area contributed by atoms with Gasteiger partial charge < -0.3 is 15.5 Å². The number of hydrogen-bond acceptors (Lipinski definition) is 3. The molecule has 0 bridgehead atoms. The summed E-state index contributed by atoms with van der Waals surface area (Å²) in [6, 6.07) is 0. The first-order chi connectivity index (χ1) is 9.47.